The first-order chi connectivity index (χ1) is 9.76. The monoisotopic (exact) mass is 324 g/mol. The van der Waals surface area contributed by atoms with E-state index in [1.165, 1.54) is 19.1 Å². The Morgan fingerprint density at radius 3 is 2.05 bits per heavy atom. The van der Waals surface area contributed by atoms with Gasteiger partial charge in [0, 0.05) is 0 Å². The Morgan fingerprint density at radius 1 is 1.05 bits per heavy atom. The molecule has 21 heavy (non-hydrogen) atoms. The number of thiophene rings is 1. The van der Waals surface area contributed by atoms with Crippen molar-refractivity contribution >= 4 is 33.0 Å². The molecule has 6 nitrogen and oxygen atoms in total. The molecular formula is C13H12N2O4S2. The summed E-state index contributed by atoms with van der Waals surface area (Å²) in [6.45, 7) is 1.43. The number of amides is 2. The third kappa shape index (κ3) is 2.55. The summed E-state index contributed by atoms with van der Waals surface area (Å²) in [7, 11) is -3.84. The lowest BCUT2D eigenvalue weighted by Gasteiger charge is -2.03. The van der Waals surface area contributed by atoms with E-state index in [1.54, 1.807) is 18.2 Å². The average Bonchev–Trinajstić information content (AvgIpc) is 2.78. The van der Waals surface area contributed by atoms with Crippen LogP contribution >= 0.6 is 11.3 Å². The lowest BCUT2D eigenvalue weighted by atomic mass is 10.1. The Bertz CT molecular complexity index is 823. The van der Waals surface area contributed by atoms with E-state index in [2.05, 4.69) is 0 Å². The molecule has 0 aliphatic rings. The molecule has 0 bridgehead atoms. The van der Waals surface area contributed by atoms with Crippen LogP contribution in [0.2, 0.25) is 0 Å². The van der Waals surface area contributed by atoms with Crippen molar-refractivity contribution in [1.29, 1.82) is 0 Å². The highest BCUT2D eigenvalue weighted by molar-refractivity contribution is 7.93. The van der Waals surface area contributed by atoms with Gasteiger partial charge in [-0.05, 0) is 24.6 Å². The van der Waals surface area contributed by atoms with Gasteiger partial charge in [-0.2, -0.15) is 0 Å². The summed E-state index contributed by atoms with van der Waals surface area (Å²) < 4.78 is 25.0. The molecule has 0 aliphatic carbocycles. The number of sulfone groups is 1. The second kappa shape index (κ2) is 5.30. The van der Waals surface area contributed by atoms with E-state index >= 15 is 0 Å². The minimum Gasteiger partial charge on any atom is -0.366 e. The van der Waals surface area contributed by atoms with Crippen molar-refractivity contribution in [2.24, 2.45) is 11.5 Å². The van der Waals surface area contributed by atoms with Gasteiger partial charge in [-0.25, -0.2) is 8.42 Å². The van der Waals surface area contributed by atoms with E-state index in [1.807, 2.05) is 0 Å². The fourth-order valence-electron chi connectivity index (χ4n) is 1.93. The average molecular weight is 324 g/mol. The molecule has 1 aromatic carbocycles. The molecule has 8 heteroatoms. The van der Waals surface area contributed by atoms with Crippen molar-refractivity contribution in [1.82, 2.24) is 0 Å². The number of hydrogen-bond acceptors (Lipinski definition) is 5. The van der Waals surface area contributed by atoms with Crippen LogP contribution in [0.4, 0.5) is 0 Å². The predicted octanol–water partition coefficient (Wildman–Crippen LogP) is 1.09. The largest absolute Gasteiger partial charge is 0.366 e. The van der Waals surface area contributed by atoms with Crippen LogP contribution in [-0.4, -0.2) is 20.2 Å². The molecule has 1 aromatic heterocycles. The molecule has 2 aromatic rings. The summed E-state index contributed by atoms with van der Waals surface area (Å²) in [4.78, 5) is 22.8. The first-order valence-corrected chi connectivity index (χ1v) is 8.10. The van der Waals surface area contributed by atoms with Gasteiger partial charge in [0.25, 0.3) is 11.8 Å². The standard InChI is InChI=1S/C13H12N2O4S2/c1-7-9(11(14)16)10(12(15)17)20-13(7)21(18,19)8-5-3-2-4-6-8/h2-6H,1H3,(H2,14,16)(H2,15,17). The first-order valence-electron chi connectivity index (χ1n) is 5.80. The van der Waals surface area contributed by atoms with E-state index in [9.17, 15) is 18.0 Å². The van der Waals surface area contributed by atoms with Crippen LogP contribution in [0, 0.1) is 6.92 Å². The van der Waals surface area contributed by atoms with Crippen molar-refractivity contribution in [2.45, 2.75) is 16.0 Å². The smallest absolute Gasteiger partial charge is 0.259 e. The van der Waals surface area contributed by atoms with Crippen molar-refractivity contribution < 1.29 is 18.0 Å². The third-order valence-corrected chi connectivity index (χ3v) is 6.57. The van der Waals surface area contributed by atoms with E-state index in [4.69, 9.17) is 11.5 Å². The summed E-state index contributed by atoms with van der Waals surface area (Å²) in [5.74, 6) is -1.77. The van der Waals surface area contributed by atoms with Crippen LogP contribution in [0.1, 0.15) is 25.6 Å². The van der Waals surface area contributed by atoms with Gasteiger partial charge in [0.2, 0.25) is 9.84 Å². The molecule has 2 rings (SSSR count). The van der Waals surface area contributed by atoms with Crippen LogP contribution < -0.4 is 11.5 Å². The summed E-state index contributed by atoms with van der Waals surface area (Å²) in [6.07, 6.45) is 0. The topological polar surface area (TPSA) is 120 Å². The molecule has 0 atom stereocenters. The Morgan fingerprint density at radius 2 is 1.62 bits per heavy atom. The van der Waals surface area contributed by atoms with Gasteiger partial charge in [0.15, 0.2) is 0 Å². The summed E-state index contributed by atoms with van der Waals surface area (Å²) >= 11 is 0.661. The number of nitrogens with two attached hydrogens (primary N) is 2. The minimum atomic E-state index is -3.84. The molecular weight excluding hydrogens is 312 g/mol. The molecule has 0 aliphatic heterocycles. The van der Waals surface area contributed by atoms with Crippen molar-refractivity contribution in [3.8, 4) is 0 Å². The number of rotatable bonds is 4. The van der Waals surface area contributed by atoms with Crippen LogP contribution in [0.15, 0.2) is 39.4 Å². The zero-order valence-electron chi connectivity index (χ0n) is 11.0. The van der Waals surface area contributed by atoms with Gasteiger partial charge in [0.1, 0.15) is 9.09 Å². The van der Waals surface area contributed by atoms with E-state index in [-0.39, 0.29) is 25.1 Å². The molecule has 1 heterocycles. The fourth-order valence-corrected chi connectivity index (χ4v) is 5.03. The minimum absolute atomic E-state index is 0.0707. The van der Waals surface area contributed by atoms with Crippen LogP contribution in [0.25, 0.3) is 0 Å². The maximum Gasteiger partial charge on any atom is 0.259 e. The lowest BCUT2D eigenvalue weighted by Crippen LogP contribution is -2.19. The highest BCUT2D eigenvalue weighted by atomic mass is 32.2. The SMILES string of the molecule is Cc1c(S(=O)(=O)c2ccccc2)sc(C(N)=O)c1C(N)=O. The number of carbonyl (C=O) groups is 2. The molecule has 0 spiro atoms. The van der Waals surface area contributed by atoms with Crippen molar-refractivity contribution in [3.05, 3.63) is 46.3 Å². The second-order valence-electron chi connectivity index (χ2n) is 4.26. The fraction of sp³-hybridized carbons (Fsp3) is 0.0769. The second-order valence-corrected chi connectivity index (χ2v) is 7.43. The molecule has 0 saturated heterocycles. The van der Waals surface area contributed by atoms with Gasteiger partial charge in [0.05, 0.1) is 10.5 Å². The molecule has 2 amide bonds. The molecule has 0 unspecified atom stereocenters. The Kier molecular flexibility index (Phi) is 3.84. The van der Waals surface area contributed by atoms with E-state index in [0.29, 0.717) is 11.3 Å². The maximum absolute atomic E-state index is 12.6. The first kappa shape index (κ1) is 15.2. The van der Waals surface area contributed by atoms with E-state index in [0.717, 1.165) is 0 Å². The number of hydrogen-bond donors (Lipinski definition) is 2. The van der Waals surface area contributed by atoms with Gasteiger partial charge in [-0.15, -0.1) is 11.3 Å². The maximum atomic E-state index is 12.6. The molecule has 0 fully saturated rings. The highest BCUT2D eigenvalue weighted by Crippen LogP contribution is 2.35. The van der Waals surface area contributed by atoms with Crippen LogP contribution in [0.3, 0.4) is 0 Å². The summed E-state index contributed by atoms with van der Waals surface area (Å²) in [5.41, 5.74) is 10.4. The Balaban J connectivity index is 2.74. The Labute approximate surface area is 125 Å². The zero-order chi connectivity index (χ0) is 15.8. The normalized spacial score (nSPS) is 11.3. The summed E-state index contributed by atoms with van der Waals surface area (Å²) in [5, 5.41) is 0. The lowest BCUT2D eigenvalue weighted by molar-refractivity contribution is 0.0970. The van der Waals surface area contributed by atoms with Gasteiger partial charge in [-0.1, -0.05) is 18.2 Å². The van der Waals surface area contributed by atoms with Crippen LogP contribution in [0.5, 0.6) is 0 Å². The van der Waals surface area contributed by atoms with Gasteiger partial charge in [-0.3, -0.25) is 9.59 Å². The van der Waals surface area contributed by atoms with Crippen molar-refractivity contribution in [2.75, 3.05) is 0 Å². The third-order valence-electron chi connectivity index (χ3n) is 2.87. The quantitative estimate of drug-likeness (QED) is 0.874. The van der Waals surface area contributed by atoms with Crippen LogP contribution in [-0.2, 0) is 9.84 Å². The summed E-state index contributed by atoms with van der Waals surface area (Å²) in [6, 6.07) is 7.72. The number of carbonyl (C=O) groups excluding carboxylic acids is 2. The molecule has 0 radical (unpaired) electrons. The number of benzene rings is 1. The van der Waals surface area contributed by atoms with E-state index < -0.39 is 21.7 Å². The predicted molar refractivity (Wildman–Crippen MR) is 78.0 cm³/mol. The molecule has 4 N–H and O–H groups in total. The van der Waals surface area contributed by atoms with Gasteiger partial charge >= 0.3 is 0 Å². The van der Waals surface area contributed by atoms with Gasteiger partial charge < -0.3 is 11.5 Å². The number of primary amides is 2. The Hall–Kier alpha value is -2.19. The van der Waals surface area contributed by atoms with Crippen molar-refractivity contribution in [3.63, 3.8) is 0 Å². The zero-order valence-corrected chi connectivity index (χ0v) is 12.6. The highest BCUT2D eigenvalue weighted by Gasteiger charge is 2.30. The molecule has 110 valence electrons. The molecule has 0 saturated carbocycles.